The van der Waals surface area contributed by atoms with E-state index in [4.69, 9.17) is 5.73 Å². The molecule has 0 aliphatic carbocycles. The van der Waals surface area contributed by atoms with Gasteiger partial charge in [0.25, 0.3) is 0 Å². The molecule has 1 amide bonds. The minimum atomic E-state index is 0.0408. The van der Waals surface area contributed by atoms with E-state index in [1.54, 1.807) is 30.1 Å². The van der Waals surface area contributed by atoms with E-state index in [0.29, 0.717) is 19.5 Å². The number of rotatable bonds is 5. The van der Waals surface area contributed by atoms with E-state index in [1.807, 2.05) is 6.07 Å². The standard InChI is InChI=1S/C12H18N2O2/c1-14(7-3-6-13)12(16)9-10-4-2-5-11(15)8-10/h2,4-5,8,15H,3,6-7,9,13H2,1H3. The highest BCUT2D eigenvalue weighted by atomic mass is 16.3. The van der Waals surface area contributed by atoms with Gasteiger partial charge in [0.15, 0.2) is 0 Å². The zero-order valence-electron chi connectivity index (χ0n) is 9.52. The Labute approximate surface area is 95.7 Å². The van der Waals surface area contributed by atoms with Crippen LogP contribution in [0.2, 0.25) is 0 Å². The maximum atomic E-state index is 11.7. The molecule has 0 aliphatic heterocycles. The first-order valence-electron chi connectivity index (χ1n) is 5.35. The van der Waals surface area contributed by atoms with E-state index in [0.717, 1.165) is 12.0 Å². The number of carbonyl (C=O) groups excluding carboxylic acids is 1. The Morgan fingerprint density at radius 1 is 1.50 bits per heavy atom. The number of benzene rings is 1. The van der Waals surface area contributed by atoms with E-state index < -0.39 is 0 Å². The molecule has 1 rings (SSSR count). The predicted octanol–water partition coefficient (Wildman–Crippen LogP) is 0.742. The molecule has 0 heterocycles. The molecule has 4 nitrogen and oxygen atoms in total. The lowest BCUT2D eigenvalue weighted by Crippen LogP contribution is -2.30. The average molecular weight is 222 g/mol. The highest BCUT2D eigenvalue weighted by molar-refractivity contribution is 5.78. The summed E-state index contributed by atoms with van der Waals surface area (Å²) in [5, 5.41) is 9.26. The van der Waals surface area contributed by atoms with Crippen molar-refractivity contribution in [2.24, 2.45) is 5.73 Å². The van der Waals surface area contributed by atoms with Crippen LogP contribution in [0.3, 0.4) is 0 Å². The smallest absolute Gasteiger partial charge is 0.226 e. The quantitative estimate of drug-likeness (QED) is 0.772. The lowest BCUT2D eigenvalue weighted by atomic mass is 10.1. The van der Waals surface area contributed by atoms with Crippen LogP contribution < -0.4 is 5.73 Å². The van der Waals surface area contributed by atoms with Gasteiger partial charge in [0.1, 0.15) is 5.75 Å². The summed E-state index contributed by atoms with van der Waals surface area (Å²) in [4.78, 5) is 13.4. The fourth-order valence-electron chi connectivity index (χ4n) is 1.43. The van der Waals surface area contributed by atoms with Crippen molar-refractivity contribution >= 4 is 5.91 Å². The van der Waals surface area contributed by atoms with E-state index in [-0.39, 0.29) is 11.7 Å². The van der Waals surface area contributed by atoms with Gasteiger partial charge in [-0.1, -0.05) is 12.1 Å². The molecule has 0 saturated heterocycles. The Morgan fingerprint density at radius 3 is 2.88 bits per heavy atom. The molecule has 0 atom stereocenters. The average Bonchev–Trinajstić information content (AvgIpc) is 2.25. The lowest BCUT2D eigenvalue weighted by molar-refractivity contribution is -0.129. The molecular formula is C12H18N2O2. The highest BCUT2D eigenvalue weighted by Crippen LogP contribution is 2.11. The number of aromatic hydroxyl groups is 1. The fraction of sp³-hybridized carbons (Fsp3) is 0.417. The summed E-state index contributed by atoms with van der Waals surface area (Å²) in [6.07, 6.45) is 1.12. The first kappa shape index (κ1) is 12.5. The number of nitrogens with zero attached hydrogens (tertiary/aromatic N) is 1. The molecule has 0 radical (unpaired) electrons. The van der Waals surface area contributed by atoms with Crippen molar-refractivity contribution < 1.29 is 9.90 Å². The Hall–Kier alpha value is -1.55. The minimum absolute atomic E-state index is 0.0408. The molecule has 0 fully saturated rings. The summed E-state index contributed by atoms with van der Waals surface area (Å²) in [7, 11) is 1.76. The van der Waals surface area contributed by atoms with Gasteiger partial charge in [-0.05, 0) is 30.7 Å². The van der Waals surface area contributed by atoms with Crippen molar-refractivity contribution in [3.63, 3.8) is 0 Å². The van der Waals surface area contributed by atoms with Gasteiger partial charge in [-0.3, -0.25) is 4.79 Å². The molecule has 0 aromatic heterocycles. The SMILES string of the molecule is CN(CCCN)C(=O)Cc1cccc(O)c1. The van der Waals surface area contributed by atoms with Crippen molar-refractivity contribution in [1.82, 2.24) is 4.90 Å². The molecule has 0 saturated carbocycles. The Balaban J connectivity index is 2.50. The summed E-state index contributed by atoms with van der Waals surface area (Å²) in [6.45, 7) is 1.26. The van der Waals surface area contributed by atoms with Crippen molar-refractivity contribution in [3.8, 4) is 5.75 Å². The number of carbonyl (C=O) groups is 1. The monoisotopic (exact) mass is 222 g/mol. The summed E-state index contributed by atoms with van der Waals surface area (Å²) in [6, 6.07) is 6.76. The minimum Gasteiger partial charge on any atom is -0.508 e. The molecule has 4 heteroatoms. The number of hydrogen-bond acceptors (Lipinski definition) is 3. The third-order valence-corrected chi connectivity index (χ3v) is 2.39. The molecule has 0 spiro atoms. The number of nitrogens with two attached hydrogens (primary N) is 1. The van der Waals surface area contributed by atoms with Crippen molar-refractivity contribution in [3.05, 3.63) is 29.8 Å². The van der Waals surface area contributed by atoms with Crippen molar-refractivity contribution in [1.29, 1.82) is 0 Å². The molecular weight excluding hydrogens is 204 g/mol. The topological polar surface area (TPSA) is 66.6 Å². The van der Waals surface area contributed by atoms with Gasteiger partial charge in [0.2, 0.25) is 5.91 Å². The Kier molecular flexibility index (Phi) is 4.79. The largest absolute Gasteiger partial charge is 0.508 e. The van der Waals surface area contributed by atoms with Gasteiger partial charge >= 0.3 is 0 Å². The zero-order chi connectivity index (χ0) is 12.0. The second kappa shape index (κ2) is 6.12. The number of phenolic OH excluding ortho intramolecular Hbond substituents is 1. The Morgan fingerprint density at radius 2 is 2.25 bits per heavy atom. The number of hydrogen-bond donors (Lipinski definition) is 2. The summed E-state index contributed by atoms with van der Waals surface area (Å²) < 4.78 is 0. The predicted molar refractivity (Wildman–Crippen MR) is 63.1 cm³/mol. The van der Waals surface area contributed by atoms with Crippen LogP contribution >= 0.6 is 0 Å². The summed E-state index contributed by atoms with van der Waals surface area (Å²) in [5.74, 6) is 0.231. The van der Waals surface area contributed by atoms with E-state index >= 15 is 0 Å². The van der Waals surface area contributed by atoms with E-state index in [9.17, 15) is 9.90 Å². The first-order chi connectivity index (χ1) is 7.63. The second-order valence-corrected chi connectivity index (χ2v) is 3.80. The maximum Gasteiger partial charge on any atom is 0.226 e. The Bertz CT molecular complexity index is 353. The third kappa shape index (κ3) is 3.90. The molecule has 0 aliphatic rings. The van der Waals surface area contributed by atoms with Gasteiger partial charge < -0.3 is 15.7 Å². The number of likely N-dealkylation sites (N-methyl/N-ethyl adjacent to an activating group) is 1. The first-order valence-corrected chi connectivity index (χ1v) is 5.35. The van der Waals surface area contributed by atoms with Crippen LogP contribution in [0.1, 0.15) is 12.0 Å². The van der Waals surface area contributed by atoms with Crippen LogP contribution in [0.5, 0.6) is 5.75 Å². The van der Waals surface area contributed by atoms with Crippen molar-refractivity contribution in [2.75, 3.05) is 20.1 Å². The number of phenols is 1. The zero-order valence-corrected chi connectivity index (χ0v) is 9.52. The molecule has 1 aromatic rings. The van der Waals surface area contributed by atoms with Crippen LogP contribution in [0, 0.1) is 0 Å². The normalized spacial score (nSPS) is 10.1. The lowest BCUT2D eigenvalue weighted by Gasteiger charge is -2.16. The van der Waals surface area contributed by atoms with Crippen LogP contribution in [0.25, 0.3) is 0 Å². The maximum absolute atomic E-state index is 11.7. The van der Waals surface area contributed by atoms with E-state index in [2.05, 4.69) is 0 Å². The highest BCUT2D eigenvalue weighted by Gasteiger charge is 2.09. The van der Waals surface area contributed by atoms with Gasteiger partial charge in [-0.2, -0.15) is 0 Å². The molecule has 16 heavy (non-hydrogen) atoms. The second-order valence-electron chi connectivity index (χ2n) is 3.80. The fourth-order valence-corrected chi connectivity index (χ4v) is 1.43. The van der Waals surface area contributed by atoms with Crippen molar-refractivity contribution in [2.45, 2.75) is 12.8 Å². The number of amides is 1. The molecule has 3 N–H and O–H groups in total. The molecule has 1 aromatic carbocycles. The van der Waals surface area contributed by atoms with Gasteiger partial charge in [-0.25, -0.2) is 0 Å². The molecule has 88 valence electrons. The molecule has 0 bridgehead atoms. The molecule has 0 unspecified atom stereocenters. The summed E-state index contributed by atoms with van der Waals surface area (Å²) in [5.41, 5.74) is 6.20. The van der Waals surface area contributed by atoms with E-state index in [1.165, 1.54) is 0 Å². The summed E-state index contributed by atoms with van der Waals surface area (Å²) >= 11 is 0. The van der Waals surface area contributed by atoms with Crippen LogP contribution in [0.15, 0.2) is 24.3 Å². The van der Waals surface area contributed by atoms with Gasteiger partial charge in [0.05, 0.1) is 6.42 Å². The van der Waals surface area contributed by atoms with Gasteiger partial charge in [0, 0.05) is 13.6 Å². The van der Waals surface area contributed by atoms with Crippen LogP contribution in [-0.2, 0) is 11.2 Å². The third-order valence-electron chi connectivity index (χ3n) is 2.39. The van der Waals surface area contributed by atoms with Crippen LogP contribution in [-0.4, -0.2) is 36.1 Å². The van der Waals surface area contributed by atoms with Crippen LogP contribution in [0.4, 0.5) is 0 Å². The van der Waals surface area contributed by atoms with Gasteiger partial charge in [-0.15, -0.1) is 0 Å².